The lowest BCUT2D eigenvalue weighted by Crippen LogP contribution is -1.67. The predicted molar refractivity (Wildman–Crippen MR) is 34.7 cm³/mol. The highest BCUT2D eigenvalue weighted by Crippen LogP contribution is 2.03. The molecule has 0 unspecified atom stereocenters. The number of nitrogens with zero attached hydrogens (tertiary/aromatic N) is 3. The molecule has 0 aliphatic carbocycles. The molecular formula is C6H7N3. The van der Waals surface area contributed by atoms with Crippen molar-refractivity contribution in [1.29, 1.82) is 0 Å². The fourth-order valence-electron chi connectivity index (χ4n) is 0.515. The molecule has 0 atom stereocenters. The van der Waals surface area contributed by atoms with Crippen LogP contribution in [-0.2, 0) is 0 Å². The van der Waals surface area contributed by atoms with Gasteiger partial charge in [-0.3, -0.25) is 0 Å². The van der Waals surface area contributed by atoms with Gasteiger partial charge in [0, 0.05) is 13.2 Å². The molecule has 0 bridgehead atoms. The van der Waals surface area contributed by atoms with Gasteiger partial charge in [-0.25, -0.2) is 4.98 Å². The van der Waals surface area contributed by atoms with Crippen molar-refractivity contribution in [3.63, 3.8) is 0 Å². The van der Waals surface area contributed by atoms with E-state index < -0.39 is 0 Å². The second-order valence-corrected chi connectivity index (χ2v) is 1.49. The summed E-state index contributed by atoms with van der Waals surface area (Å²) in [5, 5.41) is 7.29. The molecule has 0 fully saturated rings. The van der Waals surface area contributed by atoms with E-state index in [0.29, 0.717) is 5.82 Å². The summed E-state index contributed by atoms with van der Waals surface area (Å²) in [5.41, 5.74) is 0. The van der Waals surface area contributed by atoms with E-state index in [0.717, 1.165) is 0 Å². The van der Waals surface area contributed by atoms with Crippen LogP contribution in [0.5, 0.6) is 0 Å². The highest BCUT2D eigenvalue weighted by molar-refractivity contribution is 5.23. The van der Waals surface area contributed by atoms with Crippen LogP contribution in [0.2, 0.25) is 0 Å². The van der Waals surface area contributed by atoms with Crippen molar-refractivity contribution >= 4 is 5.82 Å². The SMILES string of the molecule is C/N=N/c1ccccn1. The first-order valence-electron chi connectivity index (χ1n) is 2.64. The molecule has 0 N–H and O–H groups in total. The maximum absolute atomic E-state index is 3.91. The molecule has 0 amide bonds. The highest BCUT2D eigenvalue weighted by Gasteiger charge is 1.81. The van der Waals surface area contributed by atoms with Crippen LogP contribution in [0.1, 0.15) is 0 Å². The van der Waals surface area contributed by atoms with Gasteiger partial charge in [0.05, 0.1) is 0 Å². The minimum absolute atomic E-state index is 0.653. The zero-order valence-electron chi connectivity index (χ0n) is 5.15. The predicted octanol–water partition coefficient (Wildman–Crippen LogP) is 1.80. The number of azo groups is 1. The topological polar surface area (TPSA) is 37.6 Å². The van der Waals surface area contributed by atoms with Crippen LogP contribution < -0.4 is 0 Å². The Labute approximate surface area is 53.5 Å². The van der Waals surface area contributed by atoms with Crippen molar-refractivity contribution in [3.8, 4) is 0 Å². The normalized spacial score (nSPS) is 10.3. The summed E-state index contributed by atoms with van der Waals surface area (Å²) in [5.74, 6) is 0.653. The Morgan fingerprint density at radius 2 is 2.33 bits per heavy atom. The number of rotatable bonds is 1. The lowest BCUT2D eigenvalue weighted by atomic mass is 10.5. The van der Waals surface area contributed by atoms with Gasteiger partial charge in [-0.05, 0) is 12.1 Å². The average molecular weight is 121 g/mol. The van der Waals surface area contributed by atoms with E-state index in [-0.39, 0.29) is 0 Å². The summed E-state index contributed by atoms with van der Waals surface area (Å²) in [6, 6.07) is 5.51. The van der Waals surface area contributed by atoms with Gasteiger partial charge in [-0.15, -0.1) is 5.11 Å². The molecule has 3 nitrogen and oxygen atoms in total. The van der Waals surface area contributed by atoms with Crippen LogP contribution in [-0.4, -0.2) is 12.0 Å². The minimum Gasteiger partial charge on any atom is -0.236 e. The van der Waals surface area contributed by atoms with E-state index >= 15 is 0 Å². The van der Waals surface area contributed by atoms with E-state index in [4.69, 9.17) is 0 Å². The second kappa shape index (κ2) is 2.91. The quantitative estimate of drug-likeness (QED) is 0.522. The molecule has 1 aromatic heterocycles. The number of pyridine rings is 1. The van der Waals surface area contributed by atoms with Crippen LogP contribution in [0, 0.1) is 0 Å². The van der Waals surface area contributed by atoms with E-state index in [1.54, 1.807) is 19.3 Å². The second-order valence-electron chi connectivity index (χ2n) is 1.49. The van der Waals surface area contributed by atoms with Gasteiger partial charge in [-0.2, -0.15) is 5.11 Å². The number of hydrogen-bond acceptors (Lipinski definition) is 3. The molecule has 1 rings (SSSR count). The molecule has 1 aromatic rings. The molecule has 0 aliphatic rings. The molecule has 3 heteroatoms. The molecule has 0 spiro atoms. The molecule has 46 valence electrons. The smallest absolute Gasteiger partial charge is 0.173 e. The fourth-order valence-corrected chi connectivity index (χ4v) is 0.515. The first-order valence-corrected chi connectivity index (χ1v) is 2.64. The van der Waals surface area contributed by atoms with Gasteiger partial charge in [0.25, 0.3) is 0 Å². The van der Waals surface area contributed by atoms with Crippen molar-refractivity contribution in [2.75, 3.05) is 7.05 Å². The fraction of sp³-hybridized carbons (Fsp3) is 0.167. The molecule has 0 saturated heterocycles. The van der Waals surface area contributed by atoms with Crippen molar-refractivity contribution < 1.29 is 0 Å². The van der Waals surface area contributed by atoms with Crippen molar-refractivity contribution in [2.24, 2.45) is 10.2 Å². The zero-order chi connectivity index (χ0) is 6.53. The number of hydrogen-bond donors (Lipinski definition) is 0. The van der Waals surface area contributed by atoms with E-state index in [2.05, 4.69) is 15.2 Å². The highest BCUT2D eigenvalue weighted by atomic mass is 15.1. The largest absolute Gasteiger partial charge is 0.236 e. The molecule has 0 radical (unpaired) electrons. The van der Waals surface area contributed by atoms with Gasteiger partial charge in [0.15, 0.2) is 5.82 Å². The van der Waals surface area contributed by atoms with Crippen LogP contribution in [0.3, 0.4) is 0 Å². The summed E-state index contributed by atoms with van der Waals surface area (Å²) >= 11 is 0. The first kappa shape index (κ1) is 5.88. The molecule has 0 aliphatic heterocycles. The Kier molecular flexibility index (Phi) is 1.90. The molecule has 0 saturated carbocycles. The van der Waals surface area contributed by atoms with Gasteiger partial charge in [-0.1, -0.05) is 6.07 Å². The molecule has 9 heavy (non-hydrogen) atoms. The summed E-state index contributed by atoms with van der Waals surface area (Å²) in [6.45, 7) is 0. The monoisotopic (exact) mass is 121 g/mol. The Balaban J connectivity index is 2.85. The zero-order valence-corrected chi connectivity index (χ0v) is 5.15. The standard InChI is InChI=1S/C6H7N3/c1-7-9-6-4-2-3-5-8-6/h2-5H,1H3/b9-7+. The third kappa shape index (κ3) is 1.60. The minimum atomic E-state index is 0.653. The van der Waals surface area contributed by atoms with Crippen LogP contribution in [0.4, 0.5) is 5.82 Å². The molecule has 1 heterocycles. The van der Waals surface area contributed by atoms with Gasteiger partial charge >= 0.3 is 0 Å². The lowest BCUT2D eigenvalue weighted by Gasteiger charge is -1.84. The first-order chi connectivity index (χ1) is 4.43. The van der Waals surface area contributed by atoms with E-state index in [1.807, 2.05) is 12.1 Å². The molecule has 0 aromatic carbocycles. The van der Waals surface area contributed by atoms with E-state index in [9.17, 15) is 0 Å². The van der Waals surface area contributed by atoms with Gasteiger partial charge < -0.3 is 0 Å². The summed E-state index contributed by atoms with van der Waals surface area (Å²) in [6.07, 6.45) is 1.68. The van der Waals surface area contributed by atoms with E-state index in [1.165, 1.54) is 0 Å². The Bertz CT molecular complexity index is 193. The summed E-state index contributed by atoms with van der Waals surface area (Å²) in [7, 11) is 1.62. The number of aromatic nitrogens is 1. The Morgan fingerprint density at radius 3 is 2.89 bits per heavy atom. The third-order valence-electron chi connectivity index (χ3n) is 0.852. The lowest BCUT2D eigenvalue weighted by molar-refractivity contribution is 1.11. The van der Waals surface area contributed by atoms with Crippen molar-refractivity contribution in [2.45, 2.75) is 0 Å². The third-order valence-corrected chi connectivity index (χ3v) is 0.852. The van der Waals surface area contributed by atoms with Gasteiger partial charge in [0.2, 0.25) is 0 Å². The summed E-state index contributed by atoms with van der Waals surface area (Å²) < 4.78 is 0. The Hall–Kier alpha value is -1.25. The molecular weight excluding hydrogens is 114 g/mol. The van der Waals surface area contributed by atoms with Crippen LogP contribution >= 0.6 is 0 Å². The Morgan fingerprint density at radius 1 is 1.44 bits per heavy atom. The van der Waals surface area contributed by atoms with Crippen molar-refractivity contribution in [3.05, 3.63) is 24.4 Å². The maximum atomic E-state index is 3.91. The van der Waals surface area contributed by atoms with Crippen molar-refractivity contribution in [1.82, 2.24) is 4.98 Å². The summed E-state index contributed by atoms with van der Waals surface area (Å²) in [4.78, 5) is 3.91. The van der Waals surface area contributed by atoms with Gasteiger partial charge in [0.1, 0.15) is 0 Å². The maximum Gasteiger partial charge on any atom is 0.173 e. The van der Waals surface area contributed by atoms with Crippen LogP contribution in [0.15, 0.2) is 34.6 Å². The van der Waals surface area contributed by atoms with Crippen LogP contribution in [0.25, 0.3) is 0 Å². The average Bonchev–Trinajstić information content (AvgIpc) is 1.91.